The van der Waals surface area contributed by atoms with Crippen LogP contribution in [0.3, 0.4) is 0 Å². The van der Waals surface area contributed by atoms with E-state index in [4.69, 9.17) is 0 Å². The fourth-order valence-electron chi connectivity index (χ4n) is 3.12. The summed E-state index contributed by atoms with van der Waals surface area (Å²) in [5.74, 6) is 3.40. The Morgan fingerprint density at radius 3 is 3.00 bits per heavy atom. The van der Waals surface area contributed by atoms with Crippen LogP contribution in [-0.2, 0) is 0 Å². The number of hydrogen-bond acceptors (Lipinski definition) is 2. The third-order valence-corrected chi connectivity index (χ3v) is 4.06. The maximum atomic E-state index is 4.58. The molecule has 78 valence electrons. The Morgan fingerprint density at radius 2 is 2.14 bits per heavy atom. The highest BCUT2D eigenvalue weighted by Gasteiger charge is 2.45. The van der Waals surface area contributed by atoms with E-state index in [0.717, 1.165) is 24.4 Å². The molecule has 0 bridgehead atoms. The van der Waals surface area contributed by atoms with E-state index in [1.165, 1.54) is 50.8 Å². The summed E-state index contributed by atoms with van der Waals surface area (Å²) in [5.41, 5.74) is 0. The van der Waals surface area contributed by atoms with E-state index in [1.54, 1.807) is 0 Å². The zero-order chi connectivity index (χ0) is 9.38. The lowest BCUT2D eigenvalue weighted by Crippen LogP contribution is -2.39. The van der Waals surface area contributed by atoms with Crippen molar-refractivity contribution < 1.29 is 0 Å². The summed E-state index contributed by atoms with van der Waals surface area (Å²) in [6.07, 6.45) is 9.65. The Hall–Kier alpha value is -0.530. The topological polar surface area (TPSA) is 24.4 Å². The van der Waals surface area contributed by atoms with Crippen molar-refractivity contribution in [2.75, 3.05) is 6.54 Å². The zero-order valence-corrected chi connectivity index (χ0v) is 8.84. The second-order valence-electron chi connectivity index (χ2n) is 5.13. The average Bonchev–Trinajstić information content (AvgIpc) is 2.99. The van der Waals surface area contributed by atoms with Gasteiger partial charge in [0.05, 0.1) is 5.84 Å². The van der Waals surface area contributed by atoms with Gasteiger partial charge in [-0.25, -0.2) is 0 Å². The molecule has 0 aromatic heterocycles. The van der Waals surface area contributed by atoms with Crippen LogP contribution in [0, 0.1) is 11.8 Å². The van der Waals surface area contributed by atoms with Gasteiger partial charge in [-0.3, -0.25) is 4.99 Å². The lowest BCUT2D eigenvalue weighted by molar-refractivity contribution is 0.388. The quantitative estimate of drug-likeness (QED) is 0.677. The number of aliphatic imine (C=N–C) groups is 1. The monoisotopic (exact) mass is 192 g/mol. The molecular weight excluding hydrogens is 172 g/mol. The first-order valence-corrected chi connectivity index (χ1v) is 6.23. The Labute approximate surface area is 86.2 Å². The molecular formula is C12H20N2. The molecule has 2 nitrogen and oxygen atoms in total. The van der Waals surface area contributed by atoms with Crippen LogP contribution in [0.5, 0.6) is 0 Å². The fourth-order valence-corrected chi connectivity index (χ4v) is 3.12. The van der Waals surface area contributed by atoms with Gasteiger partial charge in [0.15, 0.2) is 0 Å². The number of fused-ring (bicyclic) bond motifs is 1. The maximum Gasteiger partial charge on any atom is 0.0965 e. The van der Waals surface area contributed by atoms with Crippen molar-refractivity contribution in [1.29, 1.82) is 0 Å². The van der Waals surface area contributed by atoms with E-state index in [2.05, 4.69) is 10.3 Å². The van der Waals surface area contributed by atoms with E-state index in [0.29, 0.717) is 0 Å². The highest BCUT2D eigenvalue weighted by Crippen LogP contribution is 2.49. The minimum absolute atomic E-state index is 0.783. The van der Waals surface area contributed by atoms with Gasteiger partial charge in [-0.15, -0.1) is 0 Å². The Kier molecular flexibility index (Phi) is 2.22. The van der Waals surface area contributed by atoms with Gasteiger partial charge < -0.3 is 5.32 Å². The second kappa shape index (κ2) is 3.56. The van der Waals surface area contributed by atoms with Gasteiger partial charge >= 0.3 is 0 Å². The Bertz CT molecular complexity index is 247. The molecule has 0 radical (unpaired) electrons. The predicted octanol–water partition coefficient (Wildman–Crippen LogP) is 2.35. The van der Waals surface area contributed by atoms with Crippen LogP contribution in [0.15, 0.2) is 4.99 Å². The van der Waals surface area contributed by atoms with E-state index < -0.39 is 0 Å². The van der Waals surface area contributed by atoms with Crippen LogP contribution in [-0.4, -0.2) is 18.4 Å². The van der Waals surface area contributed by atoms with Crippen molar-refractivity contribution in [2.24, 2.45) is 16.8 Å². The highest BCUT2D eigenvalue weighted by atomic mass is 15.0. The third-order valence-electron chi connectivity index (χ3n) is 4.06. The fraction of sp³-hybridized carbons (Fsp3) is 0.917. The van der Waals surface area contributed by atoms with Crippen LogP contribution in [0.25, 0.3) is 0 Å². The van der Waals surface area contributed by atoms with Crippen molar-refractivity contribution in [3.63, 3.8) is 0 Å². The van der Waals surface area contributed by atoms with Gasteiger partial charge in [-0.2, -0.15) is 0 Å². The van der Waals surface area contributed by atoms with Gasteiger partial charge in [0.2, 0.25) is 0 Å². The third kappa shape index (κ3) is 1.67. The molecule has 3 unspecified atom stereocenters. The molecule has 2 fully saturated rings. The molecule has 1 N–H and O–H groups in total. The number of hydrogen-bond donors (Lipinski definition) is 1. The molecule has 3 atom stereocenters. The van der Waals surface area contributed by atoms with Crippen molar-refractivity contribution in [1.82, 2.24) is 5.32 Å². The molecule has 2 saturated carbocycles. The van der Waals surface area contributed by atoms with Crippen LogP contribution >= 0.6 is 0 Å². The molecule has 3 rings (SSSR count). The molecule has 14 heavy (non-hydrogen) atoms. The van der Waals surface area contributed by atoms with Crippen molar-refractivity contribution in [3.05, 3.63) is 0 Å². The van der Waals surface area contributed by atoms with E-state index >= 15 is 0 Å². The predicted molar refractivity (Wildman–Crippen MR) is 58.5 cm³/mol. The summed E-state index contributed by atoms with van der Waals surface area (Å²) in [7, 11) is 0. The van der Waals surface area contributed by atoms with E-state index in [9.17, 15) is 0 Å². The van der Waals surface area contributed by atoms with E-state index in [1.807, 2.05) is 0 Å². The molecule has 1 heterocycles. The van der Waals surface area contributed by atoms with Gasteiger partial charge in [0.25, 0.3) is 0 Å². The Morgan fingerprint density at radius 1 is 1.14 bits per heavy atom. The first-order valence-electron chi connectivity index (χ1n) is 6.23. The summed E-state index contributed by atoms with van der Waals surface area (Å²) in [6.45, 7) is 1.06. The molecule has 2 heteroatoms. The zero-order valence-electron chi connectivity index (χ0n) is 8.84. The smallest absolute Gasteiger partial charge is 0.0965 e. The minimum atomic E-state index is 0.783. The molecule has 0 aromatic carbocycles. The summed E-state index contributed by atoms with van der Waals surface area (Å²) >= 11 is 0. The molecule has 3 aliphatic rings. The second-order valence-corrected chi connectivity index (χ2v) is 5.13. The molecule has 0 spiro atoms. The van der Waals surface area contributed by atoms with Crippen molar-refractivity contribution >= 4 is 5.84 Å². The van der Waals surface area contributed by atoms with Gasteiger partial charge in [-0.05, 0) is 37.5 Å². The van der Waals surface area contributed by atoms with Gasteiger partial charge in [0.1, 0.15) is 0 Å². The number of amidine groups is 1. The Balaban J connectivity index is 1.58. The number of nitrogens with one attached hydrogen (secondary N) is 1. The number of rotatable bonds is 1. The SMILES string of the molecule is C1CCC(NC2CCCC3CC32)=NC1. The molecule has 0 amide bonds. The summed E-state index contributed by atoms with van der Waals surface area (Å²) < 4.78 is 0. The molecule has 0 saturated heterocycles. The van der Waals surface area contributed by atoms with Crippen LogP contribution in [0.2, 0.25) is 0 Å². The standard InChI is InChI=1S/C12H20N2/c1-2-7-13-12(6-1)14-11-5-3-4-9-8-10(9)11/h9-11H,1-8H2,(H,13,14). The first kappa shape index (κ1) is 8.75. The highest BCUT2D eigenvalue weighted by molar-refractivity contribution is 5.83. The molecule has 1 aliphatic heterocycles. The molecule has 2 aliphatic carbocycles. The van der Waals surface area contributed by atoms with Gasteiger partial charge in [-0.1, -0.05) is 12.8 Å². The van der Waals surface area contributed by atoms with Crippen LogP contribution < -0.4 is 5.32 Å². The summed E-state index contributed by atoms with van der Waals surface area (Å²) in [5, 5.41) is 3.70. The normalized spacial score (nSPS) is 41.1. The largest absolute Gasteiger partial charge is 0.371 e. The number of nitrogens with zero attached hydrogens (tertiary/aromatic N) is 1. The average molecular weight is 192 g/mol. The van der Waals surface area contributed by atoms with Crippen LogP contribution in [0.1, 0.15) is 44.9 Å². The van der Waals surface area contributed by atoms with Gasteiger partial charge in [0, 0.05) is 19.0 Å². The lowest BCUT2D eigenvalue weighted by atomic mass is 9.95. The van der Waals surface area contributed by atoms with Crippen LogP contribution in [0.4, 0.5) is 0 Å². The molecule has 0 aromatic rings. The van der Waals surface area contributed by atoms with Crippen molar-refractivity contribution in [2.45, 2.75) is 51.0 Å². The summed E-state index contributed by atoms with van der Waals surface area (Å²) in [4.78, 5) is 4.58. The van der Waals surface area contributed by atoms with Crippen molar-refractivity contribution in [3.8, 4) is 0 Å². The summed E-state index contributed by atoms with van der Waals surface area (Å²) in [6, 6.07) is 0.783. The van der Waals surface area contributed by atoms with E-state index in [-0.39, 0.29) is 0 Å². The minimum Gasteiger partial charge on any atom is -0.371 e. The first-order chi connectivity index (χ1) is 6.93. The lowest BCUT2D eigenvalue weighted by Gasteiger charge is -2.25. The maximum absolute atomic E-state index is 4.58.